The van der Waals surface area contributed by atoms with Gasteiger partial charge in [0.2, 0.25) is 11.8 Å². The van der Waals surface area contributed by atoms with Crippen molar-refractivity contribution in [3.05, 3.63) is 0 Å². The van der Waals surface area contributed by atoms with E-state index in [0.29, 0.717) is 6.42 Å². The zero-order valence-corrected chi connectivity index (χ0v) is 12.5. The van der Waals surface area contributed by atoms with Crippen molar-refractivity contribution in [2.45, 2.75) is 44.8 Å². The van der Waals surface area contributed by atoms with Crippen LogP contribution in [0.1, 0.15) is 27.2 Å². The highest BCUT2D eigenvalue weighted by atomic mass is 32.2. The number of carbonyl (C=O) groups excluding carboxylic acids is 2. The summed E-state index contributed by atoms with van der Waals surface area (Å²) in [5, 5.41) is 2.57. The first-order valence-electron chi connectivity index (χ1n) is 6.49. The first kappa shape index (κ1) is 17.1. The van der Waals surface area contributed by atoms with Crippen molar-refractivity contribution in [3.8, 4) is 0 Å². The van der Waals surface area contributed by atoms with Crippen molar-refractivity contribution < 1.29 is 22.8 Å². The van der Waals surface area contributed by atoms with Crippen LogP contribution in [0.25, 0.3) is 0 Å². The van der Waals surface area contributed by atoms with Crippen LogP contribution in [0.3, 0.4) is 0 Å². The molecule has 8 heteroatoms. The number of amides is 2. The maximum Gasteiger partial charge on any atom is 0.441 e. The Hall–Kier alpha value is -0.920. The Labute approximate surface area is 120 Å². The van der Waals surface area contributed by atoms with E-state index in [-0.39, 0.29) is 41.8 Å². The molecule has 116 valence electrons. The van der Waals surface area contributed by atoms with Crippen LogP contribution in [-0.2, 0) is 9.59 Å². The summed E-state index contributed by atoms with van der Waals surface area (Å²) < 4.78 is 36.5. The molecule has 3 unspecified atom stereocenters. The highest BCUT2D eigenvalue weighted by Crippen LogP contribution is 2.30. The third kappa shape index (κ3) is 4.29. The molecule has 3 atom stereocenters. The monoisotopic (exact) mass is 312 g/mol. The normalized spacial score (nSPS) is 25.6. The predicted octanol–water partition coefficient (Wildman–Crippen LogP) is 2.00. The Morgan fingerprint density at radius 2 is 2.00 bits per heavy atom. The molecule has 1 aliphatic heterocycles. The van der Waals surface area contributed by atoms with E-state index in [2.05, 4.69) is 5.32 Å². The number of thioether (sulfide) groups is 1. The molecule has 0 aliphatic carbocycles. The van der Waals surface area contributed by atoms with Crippen LogP contribution < -0.4 is 5.32 Å². The molecule has 1 fully saturated rings. The zero-order chi connectivity index (χ0) is 15.5. The number of alkyl halides is 3. The smallest absolute Gasteiger partial charge is 0.343 e. The van der Waals surface area contributed by atoms with Gasteiger partial charge in [-0.15, -0.1) is 0 Å². The average Bonchev–Trinajstić information content (AvgIpc) is 2.33. The summed E-state index contributed by atoms with van der Waals surface area (Å²) in [6.07, 6.45) is 0.669. The van der Waals surface area contributed by atoms with Gasteiger partial charge in [0.1, 0.15) is 12.1 Å². The number of carbonyl (C=O) groups is 2. The van der Waals surface area contributed by atoms with E-state index in [0.717, 1.165) is 0 Å². The second-order valence-electron chi connectivity index (χ2n) is 4.89. The molecule has 0 aromatic heterocycles. The van der Waals surface area contributed by atoms with Crippen LogP contribution in [0.2, 0.25) is 0 Å². The Morgan fingerprint density at radius 1 is 1.40 bits per heavy atom. The van der Waals surface area contributed by atoms with E-state index < -0.39 is 17.6 Å². The maximum absolute atomic E-state index is 12.2. The third-order valence-electron chi connectivity index (χ3n) is 3.40. The van der Waals surface area contributed by atoms with Crippen molar-refractivity contribution in [1.82, 2.24) is 10.2 Å². The van der Waals surface area contributed by atoms with Crippen LogP contribution in [0, 0.1) is 5.92 Å². The SMILES string of the molecule is CCC(C)C1C(=O)NC(C)C(=O)N1CCSC(F)(F)F. The fraction of sp³-hybridized carbons (Fsp3) is 0.833. The molecule has 1 heterocycles. The minimum Gasteiger partial charge on any atom is -0.343 e. The molecule has 0 saturated carbocycles. The van der Waals surface area contributed by atoms with Gasteiger partial charge >= 0.3 is 5.51 Å². The van der Waals surface area contributed by atoms with Crippen LogP contribution in [-0.4, -0.2) is 46.6 Å². The van der Waals surface area contributed by atoms with Crippen molar-refractivity contribution in [1.29, 1.82) is 0 Å². The molecule has 20 heavy (non-hydrogen) atoms. The number of hydrogen-bond donors (Lipinski definition) is 1. The first-order valence-corrected chi connectivity index (χ1v) is 7.47. The minimum absolute atomic E-state index is 0.0736. The molecule has 1 rings (SSSR count). The van der Waals surface area contributed by atoms with Gasteiger partial charge in [0, 0.05) is 12.3 Å². The Morgan fingerprint density at radius 3 is 2.50 bits per heavy atom. The summed E-state index contributed by atoms with van der Waals surface area (Å²) in [4.78, 5) is 25.4. The summed E-state index contributed by atoms with van der Waals surface area (Å²) >= 11 is -0.173. The molecule has 0 aromatic rings. The molecular weight excluding hydrogens is 293 g/mol. The number of piperazine rings is 1. The lowest BCUT2D eigenvalue weighted by Crippen LogP contribution is -2.64. The lowest BCUT2D eigenvalue weighted by molar-refractivity contribution is -0.150. The van der Waals surface area contributed by atoms with Crippen LogP contribution in [0.15, 0.2) is 0 Å². The van der Waals surface area contributed by atoms with E-state index in [9.17, 15) is 22.8 Å². The molecule has 1 aliphatic rings. The summed E-state index contributed by atoms with van der Waals surface area (Å²) in [5.41, 5.74) is -4.32. The number of nitrogens with one attached hydrogen (secondary N) is 1. The first-order chi connectivity index (χ1) is 9.17. The highest BCUT2D eigenvalue weighted by Gasteiger charge is 2.41. The molecule has 0 aromatic carbocycles. The van der Waals surface area contributed by atoms with Gasteiger partial charge < -0.3 is 10.2 Å². The number of hydrogen-bond acceptors (Lipinski definition) is 3. The molecule has 0 spiro atoms. The van der Waals surface area contributed by atoms with Gasteiger partial charge in [-0.1, -0.05) is 20.3 Å². The molecule has 0 radical (unpaired) electrons. The lowest BCUT2D eigenvalue weighted by atomic mass is 9.94. The van der Waals surface area contributed by atoms with Gasteiger partial charge in [-0.25, -0.2) is 0 Å². The van der Waals surface area contributed by atoms with Crippen molar-refractivity contribution in [3.63, 3.8) is 0 Å². The van der Waals surface area contributed by atoms with Crippen LogP contribution >= 0.6 is 11.8 Å². The summed E-state index contributed by atoms with van der Waals surface area (Å²) in [6, 6.07) is -1.36. The standard InChI is InChI=1S/C12H19F3N2O2S/c1-4-7(2)9-10(18)16-8(3)11(19)17(9)5-6-20-12(13,14)15/h7-9H,4-6H2,1-3H3,(H,16,18). The lowest BCUT2D eigenvalue weighted by Gasteiger charge is -2.40. The second-order valence-corrected chi connectivity index (χ2v) is 6.05. The van der Waals surface area contributed by atoms with Crippen molar-refractivity contribution in [2.75, 3.05) is 12.3 Å². The average molecular weight is 312 g/mol. The molecular formula is C12H19F3N2O2S. The highest BCUT2D eigenvalue weighted by molar-refractivity contribution is 8.00. The number of nitrogens with zero attached hydrogens (tertiary/aromatic N) is 1. The largest absolute Gasteiger partial charge is 0.441 e. The topological polar surface area (TPSA) is 49.4 Å². The number of rotatable bonds is 5. The van der Waals surface area contributed by atoms with Crippen LogP contribution in [0.5, 0.6) is 0 Å². The van der Waals surface area contributed by atoms with E-state index in [1.807, 2.05) is 13.8 Å². The van der Waals surface area contributed by atoms with E-state index in [1.165, 1.54) is 11.8 Å². The van der Waals surface area contributed by atoms with Gasteiger partial charge in [-0.3, -0.25) is 9.59 Å². The fourth-order valence-electron chi connectivity index (χ4n) is 2.19. The Kier molecular flexibility index (Phi) is 5.73. The summed E-state index contributed by atoms with van der Waals surface area (Å²) in [6.45, 7) is 5.16. The van der Waals surface area contributed by atoms with Gasteiger partial charge in [-0.2, -0.15) is 13.2 Å². The summed E-state index contributed by atoms with van der Waals surface area (Å²) in [5.74, 6) is -0.967. The predicted molar refractivity (Wildman–Crippen MR) is 71.1 cm³/mol. The van der Waals surface area contributed by atoms with E-state index in [4.69, 9.17) is 0 Å². The second kappa shape index (κ2) is 6.69. The van der Waals surface area contributed by atoms with Gasteiger partial charge in [0.05, 0.1) is 0 Å². The quantitative estimate of drug-likeness (QED) is 0.845. The van der Waals surface area contributed by atoms with E-state index >= 15 is 0 Å². The Balaban J connectivity index is 2.78. The molecule has 1 N–H and O–H groups in total. The van der Waals surface area contributed by atoms with Crippen molar-refractivity contribution >= 4 is 23.6 Å². The fourth-order valence-corrected chi connectivity index (χ4v) is 2.71. The maximum atomic E-state index is 12.2. The van der Waals surface area contributed by atoms with E-state index in [1.54, 1.807) is 0 Å². The zero-order valence-electron chi connectivity index (χ0n) is 11.7. The Bertz CT molecular complexity index is 376. The van der Waals surface area contributed by atoms with Gasteiger partial charge in [0.15, 0.2) is 0 Å². The molecule has 0 bridgehead atoms. The van der Waals surface area contributed by atoms with Crippen LogP contribution in [0.4, 0.5) is 13.2 Å². The molecule has 2 amide bonds. The number of halogens is 3. The minimum atomic E-state index is -4.32. The molecule has 1 saturated heterocycles. The summed E-state index contributed by atoms with van der Waals surface area (Å²) in [7, 11) is 0. The third-order valence-corrected chi connectivity index (χ3v) is 4.11. The molecule has 4 nitrogen and oxygen atoms in total. The van der Waals surface area contributed by atoms with Gasteiger partial charge in [0.25, 0.3) is 0 Å². The van der Waals surface area contributed by atoms with Crippen molar-refractivity contribution in [2.24, 2.45) is 5.92 Å². The van der Waals surface area contributed by atoms with Gasteiger partial charge in [-0.05, 0) is 24.6 Å².